The second-order valence-corrected chi connectivity index (χ2v) is 4.47. The third-order valence-corrected chi connectivity index (χ3v) is 2.79. The molecule has 82 valence electrons. The van der Waals surface area contributed by atoms with Crippen LogP contribution in [0.15, 0.2) is 22.7 Å². The lowest BCUT2D eigenvalue weighted by Gasteiger charge is -2.03. The first-order valence-electron chi connectivity index (χ1n) is 4.62. The van der Waals surface area contributed by atoms with Crippen molar-refractivity contribution >= 4 is 33.3 Å². The van der Waals surface area contributed by atoms with Gasteiger partial charge in [0.15, 0.2) is 5.78 Å². The number of hydrogen-bond acceptors (Lipinski definition) is 2. The molecule has 0 spiro atoms. The molecular formula is C11H12BrClO2. The largest absolute Gasteiger partial charge is 0.385 e. The van der Waals surface area contributed by atoms with Crippen LogP contribution in [-0.2, 0) is 4.74 Å². The molecular weight excluding hydrogens is 279 g/mol. The SMILES string of the molecule is COCCCC(=O)c1ccc(Br)cc1Cl. The topological polar surface area (TPSA) is 26.3 Å². The molecule has 4 heteroatoms. The highest BCUT2D eigenvalue weighted by Gasteiger charge is 2.09. The molecule has 0 radical (unpaired) electrons. The summed E-state index contributed by atoms with van der Waals surface area (Å²) in [4.78, 5) is 11.7. The van der Waals surface area contributed by atoms with E-state index < -0.39 is 0 Å². The molecule has 0 aliphatic carbocycles. The smallest absolute Gasteiger partial charge is 0.164 e. The van der Waals surface area contributed by atoms with E-state index in [-0.39, 0.29) is 5.78 Å². The van der Waals surface area contributed by atoms with Gasteiger partial charge < -0.3 is 4.74 Å². The predicted octanol–water partition coefficient (Wildman–Crippen LogP) is 3.71. The summed E-state index contributed by atoms with van der Waals surface area (Å²) in [5.74, 6) is 0.0598. The number of Topliss-reactive ketones (excluding diaryl/α,β-unsaturated/α-hetero) is 1. The van der Waals surface area contributed by atoms with Crippen molar-refractivity contribution < 1.29 is 9.53 Å². The van der Waals surface area contributed by atoms with Crippen molar-refractivity contribution in [2.24, 2.45) is 0 Å². The van der Waals surface area contributed by atoms with Crippen LogP contribution < -0.4 is 0 Å². The van der Waals surface area contributed by atoms with Crippen molar-refractivity contribution in [1.29, 1.82) is 0 Å². The Morgan fingerprint density at radius 3 is 2.87 bits per heavy atom. The van der Waals surface area contributed by atoms with Crippen molar-refractivity contribution in [3.8, 4) is 0 Å². The first-order chi connectivity index (χ1) is 7.15. The van der Waals surface area contributed by atoms with Gasteiger partial charge in [-0.05, 0) is 24.6 Å². The zero-order valence-electron chi connectivity index (χ0n) is 8.43. The number of ketones is 1. The van der Waals surface area contributed by atoms with Gasteiger partial charge in [-0.3, -0.25) is 4.79 Å². The first kappa shape index (κ1) is 12.7. The van der Waals surface area contributed by atoms with Crippen LogP contribution in [0.4, 0.5) is 0 Å². The van der Waals surface area contributed by atoms with E-state index in [4.69, 9.17) is 16.3 Å². The molecule has 0 aromatic heterocycles. The number of benzene rings is 1. The van der Waals surface area contributed by atoms with Gasteiger partial charge in [0.25, 0.3) is 0 Å². The van der Waals surface area contributed by atoms with Crippen molar-refractivity contribution in [2.45, 2.75) is 12.8 Å². The summed E-state index contributed by atoms with van der Waals surface area (Å²) in [6, 6.07) is 5.28. The number of carbonyl (C=O) groups is 1. The molecule has 0 unspecified atom stereocenters. The van der Waals surface area contributed by atoms with Crippen molar-refractivity contribution in [3.05, 3.63) is 33.3 Å². The molecule has 0 aliphatic heterocycles. The van der Waals surface area contributed by atoms with Gasteiger partial charge in [0.05, 0.1) is 5.02 Å². The maximum atomic E-state index is 11.7. The first-order valence-corrected chi connectivity index (χ1v) is 5.79. The molecule has 1 rings (SSSR count). The average Bonchev–Trinajstić information content (AvgIpc) is 2.17. The van der Waals surface area contributed by atoms with E-state index in [0.29, 0.717) is 23.6 Å². The zero-order valence-corrected chi connectivity index (χ0v) is 10.8. The molecule has 1 aromatic rings. The fraction of sp³-hybridized carbons (Fsp3) is 0.364. The number of ether oxygens (including phenoxy) is 1. The van der Waals surface area contributed by atoms with E-state index in [9.17, 15) is 4.79 Å². The quantitative estimate of drug-likeness (QED) is 0.610. The van der Waals surface area contributed by atoms with Gasteiger partial charge in [-0.15, -0.1) is 0 Å². The van der Waals surface area contributed by atoms with E-state index in [0.717, 1.165) is 10.9 Å². The lowest BCUT2D eigenvalue weighted by atomic mass is 10.1. The molecule has 0 bridgehead atoms. The number of carbonyl (C=O) groups excluding carboxylic acids is 1. The number of methoxy groups -OCH3 is 1. The predicted molar refractivity (Wildman–Crippen MR) is 64.6 cm³/mol. The molecule has 0 amide bonds. The number of halogens is 2. The van der Waals surface area contributed by atoms with E-state index in [1.54, 1.807) is 19.2 Å². The highest BCUT2D eigenvalue weighted by Crippen LogP contribution is 2.22. The van der Waals surface area contributed by atoms with E-state index in [2.05, 4.69) is 15.9 Å². The van der Waals surface area contributed by atoms with Crippen LogP contribution >= 0.6 is 27.5 Å². The molecule has 0 fully saturated rings. The molecule has 0 heterocycles. The summed E-state index contributed by atoms with van der Waals surface area (Å²) in [6.45, 7) is 0.597. The Labute approximate surface area is 103 Å². The Kier molecular flexibility index (Phi) is 5.29. The third-order valence-electron chi connectivity index (χ3n) is 1.98. The second kappa shape index (κ2) is 6.26. The zero-order chi connectivity index (χ0) is 11.3. The summed E-state index contributed by atoms with van der Waals surface area (Å²) in [5, 5.41) is 0.492. The lowest BCUT2D eigenvalue weighted by Crippen LogP contribution is -2.02. The average molecular weight is 292 g/mol. The Hall–Kier alpha value is -0.380. The monoisotopic (exact) mass is 290 g/mol. The molecule has 1 aromatic carbocycles. The van der Waals surface area contributed by atoms with Crippen LogP contribution in [-0.4, -0.2) is 19.5 Å². The minimum absolute atomic E-state index is 0.0598. The van der Waals surface area contributed by atoms with Crippen molar-refractivity contribution in [1.82, 2.24) is 0 Å². The van der Waals surface area contributed by atoms with E-state index in [1.807, 2.05) is 6.07 Å². The lowest BCUT2D eigenvalue weighted by molar-refractivity contribution is 0.0963. The van der Waals surface area contributed by atoms with Crippen LogP contribution in [0.2, 0.25) is 5.02 Å². The minimum atomic E-state index is 0.0598. The van der Waals surface area contributed by atoms with Crippen LogP contribution in [0.1, 0.15) is 23.2 Å². The molecule has 2 nitrogen and oxygen atoms in total. The summed E-state index contributed by atoms with van der Waals surface area (Å²) >= 11 is 9.25. The van der Waals surface area contributed by atoms with Gasteiger partial charge >= 0.3 is 0 Å². The van der Waals surface area contributed by atoms with Gasteiger partial charge in [-0.2, -0.15) is 0 Å². The number of rotatable bonds is 5. The van der Waals surface area contributed by atoms with Crippen molar-refractivity contribution in [3.63, 3.8) is 0 Å². The van der Waals surface area contributed by atoms with Crippen LogP contribution in [0.3, 0.4) is 0 Å². The minimum Gasteiger partial charge on any atom is -0.385 e. The summed E-state index contributed by atoms with van der Waals surface area (Å²) in [5.41, 5.74) is 0.580. The highest BCUT2D eigenvalue weighted by molar-refractivity contribution is 9.10. The molecule has 0 aliphatic rings. The molecule has 15 heavy (non-hydrogen) atoms. The maximum Gasteiger partial charge on any atom is 0.164 e. The van der Waals surface area contributed by atoms with Crippen molar-refractivity contribution in [2.75, 3.05) is 13.7 Å². The van der Waals surface area contributed by atoms with E-state index >= 15 is 0 Å². The van der Waals surface area contributed by atoms with Crippen LogP contribution in [0, 0.1) is 0 Å². The van der Waals surface area contributed by atoms with Gasteiger partial charge in [0, 0.05) is 30.2 Å². The maximum absolute atomic E-state index is 11.7. The molecule has 0 saturated heterocycles. The summed E-state index contributed by atoms with van der Waals surface area (Å²) < 4.78 is 5.76. The third kappa shape index (κ3) is 3.93. The van der Waals surface area contributed by atoms with Gasteiger partial charge in [-0.25, -0.2) is 0 Å². The Morgan fingerprint density at radius 2 is 2.27 bits per heavy atom. The second-order valence-electron chi connectivity index (χ2n) is 3.14. The normalized spacial score (nSPS) is 10.3. The highest BCUT2D eigenvalue weighted by atomic mass is 79.9. The Morgan fingerprint density at radius 1 is 1.53 bits per heavy atom. The fourth-order valence-electron chi connectivity index (χ4n) is 1.23. The van der Waals surface area contributed by atoms with Crippen LogP contribution in [0.5, 0.6) is 0 Å². The van der Waals surface area contributed by atoms with Gasteiger partial charge in [-0.1, -0.05) is 27.5 Å². The Balaban J connectivity index is 2.65. The summed E-state index contributed by atoms with van der Waals surface area (Å²) in [7, 11) is 1.62. The fourth-order valence-corrected chi connectivity index (χ4v) is 2.01. The summed E-state index contributed by atoms with van der Waals surface area (Å²) in [6.07, 6.45) is 1.19. The number of hydrogen-bond donors (Lipinski definition) is 0. The van der Waals surface area contributed by atoms with Gasteiger partial charge in [0.1, 0.15) is 0 Å². The van der Waals surface area contributed by atoms with E-state index in [1.165, 1.54) is 0 Å². The van der Waals surface area contributed by atoms with Gasteiger partial charge in [0.2, 0.25) is 0 Å². The molecule has 0 N–H and O–H groups in total. The van der Waals surface area contributed by atoms with Crippen LogP contribution in [0.25, 0.3) is 0 Å². The molecule has 0 saturated carbocycles. The standard InChI is InChI=1S/C11H12BrClO2/c1-15-6-2-3-11(14)9-5-4-8(12)7-10(9)13/h4-5,7H,2-3,6H2,1H3. The molecule has 0 atom stereocenters. The Bertz CT molecular complexity index is 352.